The standard InChI is InChI=1S/C14H26N2O/c1-11-8-16(10-13(11)15)9-12-4-7-14(17-12)5-2-3-6-14/h11-13H,2-10,15H2,1H3. The van der Waals surface area contributed by atoms with Crippen molar-refractivity contribution in [3.8, 4) is 0 Å². The normalized spacial score (nSPS) is 41.6. The number of hydrogen-bond donors (Lipinski definition) is 1. The molecule has 2 N–H and O–H groups in total. The Labute approximate surface area is 105 Å². The summed E-state index contributed by atoms with van der Waals surface area (Å²) in [6, 6.07) is 0.372. The van der Waals surface area contributed by atoms with Crippen LogP contribution in [-0.4, -0.2) is 42.3 Å². The van der Waals surface area contributed by atoms with Crippen LogP contribution in [0.15, 0.2) is 0 Å². The molecular formula is C14H26N2O. The first-order valence-corrected chi connectivity index (χ1v) is 7.33. The summed E-state index contributed by atoms with van der Waals surface area (Å²) in [5.41, 5.74) is 6.37. The second-order valence-corrected chi connectivity index (χ2v) is 6.53. The van der Waals surface area contributed by atoms with Gasteiger partial charge < -0.3 is 10.5 Å². The van der Waals surface area contributed by atoms with E-state index in [0.717, 1.165) is 19.6 Å². The van der Waals surface area contributed by atoms with Crippen LogP contribution in [0.3, 0.4) is 0 Å². The van der Waals surface area contributed by atoms with Crippen LogP contribution in [0.5, 0.6) is 0 Å². The number of likely N-dealkylation sites (tertiary alicyclic amines) is 1. The molecule has 1 spiro atoms. The van der Waals surface area contributed by atoms with Crippen molar-refractivity contribution in [3.05, 3.63) is 0 Å². The summed E-state index contributed by atoms with van der Waals surface area (Å²) in [6.45, 7) is 5.60. The van der Waals surface area contributed by atoms with Gasteiger partial charge in [0, 0.05) is 25.7 Å². The lowest BCUT2D eigenvalue weighted by molar-refractivity contribution is -0.0455. The summed E-state index contributed by atoms with van der Waals surface area (Å²) in [6.07, 6.45) is 8.40. The van der Waals surface area contributed by atoms with E-state index >= 15 is 0 Å². The molecule has 98 valence electrons. The minimum atomic E-state index is 0.290. The Morgan fingerprint density at radius 3 is 2.65 bits per heavy atom. The van der Waals surface area contributed by atoms with E-state index in [1.54, 1.807) is 0 Å². The second kappa shape index (κ2) is 4.52. The van der Waals surface area contributed by atoms with Gasteiger partial charge in [-0.3, -0.25) is 4.90 Å². The van der Waals surface area contributed by atoms with Crippen molar-refractivity contribution in [1.82, 2.24) is 4.90 Å². The van der Waals surface area contributed by atoms with Crippen molar-refractivity contribution in [2.75, 3.05) is 19.6 Å². The van der Waals surface area contributed by atoms with Crippen molar-refractivity contribution < 1.29 is 4.74 Å². The maximum absolute atomic E-state index is 6.36. The van der Waals surface area contributed by atoms with E-state index in [1.807, 2.05) is 0 Å². The van der Waals surface area contributed by atoms with Gasteiger partial charge in [-0.2, -0.15) is 0 Å². The molecule has 3 fully saturated rings. The Morgan fingerprint density at radius 2 is 2.00 bits per heavy atom. The Balaban J connectivity index is 1.51. The molecule has 3 atom stereocenters. The predicted octanol–water partition coefficient (Wildman–Crippen LogP) is 1.76. The first kappa shape index (κ1) is 11.9. The quantitative estimate of drug-likeness (QED) is 0.796. The van der Waals surface area contributed by atoms with E-state index in [2.05, 4.69) is 11.8 Å². The van der Waals surface area contributed by atoms with Crippen molar-refractivity contribution in [2.24, 2.45) is 11.7 Å². The molecule has 0 aromatic heterocycles. The van der Waals surface area contributed by atoms with Gasteiger partial charge in [-0.15, -0.1) is 0 Å². The van der Waals surface area contributed by atoms with Gasteiger partial charge in [0.15, 0.2) is 0 Å². The summed E-state index contributed by atoms with van der Waals surface area (Å²) < 4.78 is 6.36. The molecule has 0 amide bonds. The smallest absolute Gasteiger partial charge is 0.0710 e. The van der Waals surface area contributed by atoms with Gasteiger partial charge in [0.1, 0.15) is 0 Å². The summed E-state index contributed by atoms with van der Waals surface area (Å²) in [5, 5.41) is 0. The van der Waals surface area contributed by atoms with Crippen molar-refractivity contribution >= 4 is 0 Å². The molecule has 3 nitrogen and oxygen atoms in total. The van der Waals surface area contributed by atoms with Crippen LogP contribution in [0.4, 0.5) is 0 Å². The fourth-order valence-corrected chi connectivity index (χ4v) is 3.94. The highest BCUT2D eigenvalue weighted by Crippen LogP contribution is 2.43. The second-order valence-electron chi connectivity index (χ2n) is 6.53. The lowest BCUT2D eigenvalue weighted by Gasteiger charge is -2.26. The van der Waals surface area contributed by atoms with Crippen molar-refractivity contribution in [2.45, 2.75) is 63.2 Å². The SMILES string of the molecule is CC1CN(CC2CCC3(CCCC3)O2)CC1N. The maximum Gasteiger partial charge on any atom is 0.0710 e. The molecule has 2 aliphatic heterocycles. The average molecular weight is 238 g/mol. The Morgan fingerprint density at radius 1 is 1.24 bits per heavy atom. The van der Waals surface area contributed by atoms with E-state index in [1.165, 1.54) is 38.5 Å². The molecule has 3 aliphatic rings. The molecule has 3 rings (SSSR count). The molecule has 0 bridgehead atoms. The molecule has 2 heterocycles. The van der Waals surface area contributed by atoms with Gasteiger partial charge >= 0.3 is 0 Å². The summed E-state index contributed by atoms with van der Waals surface area (Å²) >= 11 is 0. The zero-order chi connectivity index (χ0) is 11.9. The fraction of sp³-hybridized carbons (Fsp3) is 1.00. The highest BCUT2D eigenvalue weighted by molar-refractivity contribution is 4.94. The van der Waals surface area contributed by atoms with Crippen LogP contribution in [0.25, 0.3) is 0 Å². The van der Waals surface area contributed by atoms with Crippen LogP contribution >= 0.6 is 0 Å². The third kappa shape index (κ3) is 2.38. The third-order valence-electron chi connectivity index (χ3n) is 5.06. The third-order valence-corrected chi connectivity index (χ3v) is 5.06. The molecule has 0 aromatic rings. The first-order valence-electron chi connectivity index (χ1n) is 7.33. The van der Waals surface area contributed by atoms with Gasteiger partial charge in [0.2, 0.25) is 0 Å². The van der Waals surface area contributed by atoms with E-state index < -0.39 is 0 Å². The van der Waals surface area contributed by atoms with Gasteiger partial charge in [0.05, 0.1) is 11.7 Å². The largest absolute Gasteiger partial charge is 0.370 e. The summed E-state index contributed by atoms with van der Waals surface area (Å²) in [7, 11) is 0. The molecule has 2 saturated heterocycles. The van der Waals surface area contributed by atoms with Gasteiger partial charge in [-0.25, -0.2) is 0 Å². The van der Waals surface area contributed by atoms with Crippen LogP contribution in [-0.2, 0) is 4.74 Å². The lowest BCUT2D eigenvalue weighted by atomic mass is 9.98. The highest BCUT2D eigenvalue weighted by Gasteiger charge is 2.43. The number of nitrogens with two attached hydrogens (primary N) is 1. The van der Waals surface area contributed by atoms with Crippen molar-refractivity contribution in [1.29, 1.82) is 0 Å². The minimum Gasteiger partial charge on any atom is -0.370 e. The van der Waals surface area contributed by atoms with Crippen LogP contribution in [0.2, 0.25) is 0 Å². The fourth-order valence-electron chi connectivity index (χ4n) is 3.94. The summed E-state index contributed by atoms with van der Waals surface area (Å²) in [4.78, 5) is 2.51. The number of hydrogen-bond acceptors (Lipinski definition) is 3. The first-order chi connectivity index (χ1) is 8.17. The van der Waals surface area contributed by atoms with Crippen LogP contribution < -0.4 is 5.73 Å². The molecule has 3 heteroatoms. The van der Waals surface area contributed by atoms with Crippen LogP contribution in [0, 0.1) is 5.92 Å². The number of rotatable bonds is 2. The Bertz CT molecular complexity index is 265. The number of ether oxygens (including phenoxy) is 1. The lowest BCUT2D eigenvalue weighted by Crippen LogP contribution is -2.34. The van der Waals surface area contributed by atoms with Crippen molar-refractivity contribution in [3.63, 3.8) is 0 Å². The van der Waals surface area contributed by atoms with Crippen LogP contribution in [0.1, 0.15) is 45.4 Å². The molecular weight excluding hydrogens is 212 g/mol. The highest BCUT2D eigenvalue weighted by atomic mass is 16.5. The molecule has 17 heavy (non-hydrogen) atoms. The van der Waals surface area contributed by atoms with E-state index in [9.17, 15) is 0 Å². The molecule has 1 saturated carbocycles. The Kier molecular flexibility index (Phi) is 3.18. The molecule has 0 aromatic carbocycles. The Hall–Kier alpha value is -0.120. The van der Waals surface area contributed by atoms with Gasteiger partial charge in [-0.05, 0) is 31.6 Å². The maximum atomic E-state index is 6.36. The van der Waals surface area contributed by atoms with E-state index in [4.69, 9.17) is 10.5 Å². The van der Waals surface area contributed by atoms with Gasteiger partial charge in [-0.1, -0.05) is 19.8 Å². The zero-order valence-corrected chi connectivity index (χ0v) is 11.0. The van der Waals surface area contributed by atoms with E-state index in [0.29, 0.717) is 18.1 Å². The topological polar surface area (TPSA) is 38.5 Å². The number of nitrogens with zero attached hydrogens (tertiary/aromatic N) is 1. The molecule has 1 aliphatic carbocycles. The zero-order valence-electron chi connectivity index (χ0n) is 11.0. The van der Waals surface area contributed by atoms with Gasteiger partial charge in [0.25, 0.3) is 0 Å². The molecule has 3 unspecified atom stereocenters. The predicted molar refractivity (Wildman–Crippen MR) is 68.9 cm³/mol. The summed E-state index contributed by atoms with van der Waals surface area (Å²) in [5.74, 6) is 0.650. The average Bonchev–Trinajstić information content (AvgIpc) is 2.96. The minimum absolute atomic E-state index is 0.290. The van der Waals surface area contributed by atoms with E-state index in [-0.39, 0.29) is 5.60 Å². The molecule has 0 radical (unpaired) electrons. The monoisotopic (exact) mass is 238 g/mol.